The molecule has 2 N–H and O–H groups in total. The maximum Gasteiger partial charge on any atom is 0.306 e. The number of rotatable bonds is 4. The number of allylic oxidation sites excluding steroid dienone is 1. The molecule has 0 saturated carbocycles. The van der Waals surface area contributed by atoms with Gasteiger partial charge in [0.2, 0.25) is 5.91 Å². The second-order valence-corrected chi connectivity index (χ2v) is 7.93. The first kappa shape index (κ1) is 17.1. The lowest BCUT2D eigenvalue weighted by atomic mass is 10.0. The summed E-state index contributed by atoms with van der Waals surface area (Å²) in [6, 6.07) is 3.20. The van der Waals surface area contributed by atoms with E-state index in [1.807, 2.05) is 36.1 Å². The van der Waals surface area contributed by atoms with Crippen LogP contribution in [0.5, 0.6) is 0 Å². The standard InChI is InChI=1S/C16H15N5O3S2/c1-19-5-6-20-11(19)3-2-10(18-20)25-7-4-9-8-26-15-12(17)14(22)21(15)13(9)16(23)24/h2-7,12,15H,8,17H2,1H3/b7-4+/t12-,15-/m1/s1. The maximum absolute atomic E-state index is 11.9. The summed E-state index contributed by atoms with van der Waals surface area (Å²) in [5.74, 6) is -1.28. The minimum Gasteiger partial charge on any atom is -0.543 e. The zero-order valence-electron chi connectivity index (χ0n) is 13.7. The number of thioether (sulfide) groups is 2. The SMILES string of the molecule is C[n+]1ccn2nc(S/C=C/C3=C(C(=O)[O-])N4C(=O)[C@@H](N)[C@H]4SC3)ccc21. The molecule has 10 heteroatoms. The smallest absolute Gasteiger partial charge is 0.306 e. The average molecular weight is 389 g/mol. The Hall–Kier alpha value is -2.30. The Balaban J connectivity index is 1.56. The predicted molar refractivity (Wildman–Crippen MR) is 94.5 cm³/mol. The van der Waals surface area contributed by atoms with Gasteiger partial charge >= 0.3 is 5.65 Å². The number of β-lactam (4-membered cyclic amide) rings is 1. The monoisotopic (exact) mass is 389 g/mol. The van der Waals surface area contributed by atoms with Gasteiger partial charge in [0.25, 0.3) is 0 Å². The Kier molecular flexibility index (Phi) is 4.25. The van der Waals surface area contributed by atoms with Crippen molar-refractivity contribution in [2.45, 2.75) is 16.4 Å². The number of carboxylic acids is 1. The van der Waals surface area contributed by atoms with Gasteiger partial charge in [0.15, 0.2) is 6.20 Å². The van der Waals surface area contributed by atoms with E-state index in [1.165, 1.54) is 28.4 Å². The third-order valence-electron chi connectivity index (χ3n) is 4.30. The van der Waals surface area contributed by atoms with Crippen molar-refractivity contribution < 1.29 is 19.3 Å². The predicted octanol–water partition coefficient (Wildman–Crippen LogP) is -0.989. The van der Waals surface area contributed by atoms with Crippen LogP contribution in [0.1, 0.15) is 0 Å². The summed E-state index contributed by atoms with van der Waals surface area (Å²) in [6.45, 7) is 0. The fourth-order valence-electron chi connectivity index (χ4n) is 2.95. The van der Waals surface area contributed by atoms with Crippen LogP contribution in [0.25, 0.3) is 5.65 Å². The van der Waals surface area contributed by atoms with Crippen LogP contribution in [0.3, 0.4) is 0 Å². The second kappa shape index (κ2) is 6.45. The van der Waals surface area contributed by atoms with Crippen LogP contribution in [-0.2, 0) is 16.6 Å². The van der Waals surface area contributed by atoms with Crippen LogP contribution in [0, 0.1) is 0 Å². The van der Waals surface area contributed by atoms with E-state index in [4.69, 9.17) is 5.73 Å². The highest BCUT2D eigenvalue weighted by molar-refractivity contribution is 8.02. The van der Waals surface area contributed by atoms with Crippen molar-refractivity contribution >= 4 is 41.0 Å². The van der Waals surface area contributed by atoms with Crippen molar-refractivity contribution in [3.8, 4) is 0 Å². The van der Waals surface area contributed by atoms with Crippen molar-refractivity contribution in [2.75, 3.05) is 5.75 Å². The summed E-state index contributed by atoms with van der Waals surface area (Å²) in [6.07, 6.45) is 5.46. The van der Waals surface area contributed by atoms with E-state index in [2.05, 4.69) is 5.10 Å². The molecule has 4 rings (SSSR count). The summed E-state index contributed by atoms with van der Waals surface area (Å²) in [4.78, 5) is 24.6. The fourth-order valence-corrected chi connectivity index (χ4v) is 4.87. The molecule has 134 valence electrons. The van der Waals surface area contributed by atoms with Gasteiger partial charge in [-0.25, -0.2) is 4.57 Å². The van der Waals surface area contributed by atoms with Crippen LogP contribution in [-0.4, -0.2) is 43.6 Å². The molecule has 2 aromatic rings. The van der Waals surface area contributed by atoms with Crippen molar-refractivity contribution in [1.82, 2.24) is 14.5 Å². The molecular formula is C16H15N5O3S2. The number of amides is 1. The zero-order chi connectivity index (χ0) is 18.4. The number of imidazole rings is 1. The molecule has 0 bridgehead atoms. The maximum atomic E-state index is 11.9. The number of hydrogen-bond acceptors (Lipinski definition) is 7. The Morgan fingerprint density at radius 1 is 1.54 bits per heavy atom. The molecule has 1 saturated heterocycles. The summed E-state index contributed by atoms with van der Waals surface area (Å²) < 4.78 is 3.72. The van der Waals surface area contributed by atoms with Crippen molar-refractivity contribution in [3.63, 3.8) is 0 Å². The Morgan fingerprint density at radius 2 is 2.35 bits per heavy atom. The minimum absolute atomic E-state index is 0.0851. The van der Waals surface area contributed by atoms with E-state index < -0.39 is 12.0 Å². The van der Waals surface area contributed by atoms with E-state index in [1.54, 1.807) is 16.0 Å². The molecule has 2 aliphatic rings. The number of aromatic nitrogens is 3. The van der Waals surface area contributed by atoms with E-state index in [-0.39, 0.29) is 17.0 Å². The van der Waals surface area contributed by atoms with Crippen LogP contribution >= 0.6 is 23.5 Å². The first-order valence-electron chi connectivity index (χ1n) is 7.79. The zero-order valence-corrected chi connectivity index (χ0v) is 15.4. The molecule has 26 heavy (non-hydrogen) atoms. The Morgan fingerprint density at radius 3 is 3.12 bits per heavy atom. The van der Waals surface area contributed by atoms with Gasteiger partial charge in [0, 0.05) is 11.8 Å². The number of carbonyl (C=O) groups is 2. The topological polar surface area (TPSA) is 108 Å². The molecule has 1 amide bonds. The highest BCUT2D eigenvalue weighted by Gasteiger charge is 2.49. The molecular weight excluding hydrogens is 374 g/mol. The van der Waals surface area contributed by atoms with Crippen LogP contribution < -0.4 is 15.4 Å². The molecule has 4 heterocycles. The number of nitrogens with zero attached hydrogens (tertiary/aromatic N) is 4. The Labute approximate surface area is 157 Å². The van der Waals surface area contributed by atoms with Gasteiger partial charge in [-0.15, -0.1) is 16.3 Å². The normalized spacial score (nSPS) is 22.8. The van der Waals surface area contributed by atoms with Gasteiger partial charge < -0.3 is 15.6 Å². The number of carbonyl (C=O) groups excluding carboxylic acids is 2. The van der Waals surface area contributed by atoms with Crippen molar-refractivity contribution in [3.05, 3.63) is 47.3 Å². The number of nitrogens with two attached hydrogens (primary N) is 1. The molecule has 1 fully saturated rings. The lowest BCUT2D eigenvalue weighted by Gasteiger charge is -2.49. The lowest BCUT2D eigenvalue weighted by Crippen LogP contribution is -2.69. The fraction of sp³-hybridized carbons (Fsp3) is 0.250. The highest BCUT2D eigenvalue weighted by atomic mass is 32.2. The first-order chi connectivity index (χ1) is 12.5. The quantitative estimate of drug-likeness (QED) is 0.406. The molecule has 0 spiro atoms. The third kappa shape index (κ3) is 2.70. The van der Waals surface area contributed by atoms with Crippen LogP contribution in [0.4, 0.5) is 0 Å². The third-order valence-corrected chi connectivity index (χ3v) is 6.35. The molecule has 8 nitrogen and oxygen atoms in total. The van der Waals surface area contributed by atoms with Crippen LogP contribution in [0.2, 0.25) is 0 Å². The van der Waals surface area contributed by atoms with Gasteiger partial charge in [-0.1, -0.05) is 16.9 Å². The van der Waals surface area contributed by atoms with Crippen molar-refractivity contribution in [2.24, 2.45) is 12.8 Å². The van der Waals surface area contributed by atoms with E-state index >= 15 is 0 Å². The number of carboxylic acid groups (broad SMARTS) is 1. The van der Waals surface area contributed by atoms with Crippen LogP contribution in [0.15, 0.2) is 52.3 Å². The number of aryl methyl sites for hydroxylation is 1. The Bertz CT molecular complexity index is 983. The van der Waals surface area contributed by atoms with Gasteiger partial charge in [-0.3, -0.25) is 9.69 Å². The van der Waals surface area contributed by atoms with Gasteiger partial charge in [0.1, 0.15) is 22.6 Å². The summed E-state index contributed by atoms with van der Waals surface area (Å²) in [5, 5.41) is 18.2. The molecule has 0 unspecified atom stereocenters. The molecule has 2 aliphatic heterocycles. The van der Waals surface area contributed by atoms with Gasteiger partial charge in [-0.05, 0) is 23.1 Å². The average Bonchev–Trinajstić information content (AvgIpc) is 3.00. The highest BCUT2D eigenvalue weighted by Crippen LogP contribution is 2.39. The summed E-state index contributed by atoms with van der Waals surface area (Å²) >= 11 is 2.82. The lowest BCUT2D eigenvalue weighted by molar-refractivity contribution is -0.644. The van der Waals surface area contributed by atoms with E-state index in [0.717, 1.165) is 10.7 Å². The molecule has 0 radical (unpaired) electrons. The largest absolute Gasteiger partial charge is 0.543 e. The molecule has 2 aromatic heterocycles. The molecule has 0 aromatic carbocycles. The summed E-state index contributed by atoms with van der Waals surface area (Å²) in [7, 11) is 1.94. The summed E-state index contributed by atoms with van der Waals surface area (Å²) in [5.41, 5.74) is 7.14. The minimum atomic E-state index is -1.36. The van der Waals surface area contributed by atoms with Gasteiger partial charge in [0.05, 0.1) is 18.7 Å². The number of hydrogen-bond donors (Lipinski definition) is 1. The van der Waals surface area contributed by atoms with E-state index in [9.17, 15) is 14.7 Å². The molecule has 2 atom stereocenters. The number of fused-ring (bicyclic) bond motifs is 2. The van der Waals surface area contributed by atoms with Gasteiger partial charge in [-0.2, -0.15) is 0 Å². The van der Waals surface area contributed by atoms with E-state index in [0.29, 0.717) is 11.3 Å². The second-order valence-electron chi connectivity index (χ2n) is 5.90. The first-order valence-corrected chi connectivity index (χ1v) is 9.72. The van der Waals surface area contributed by atoms with Crippen molar-refractivity contribution in [1.29, 1.82) is 0 Å². The molecule has 0 aliphatic carbocycles. The number of aliphatic carboxylic acids is 1.